The minimum Gasteiger partial charge on any atom is -0.486 e. The van der Waals surface area contributed by atoms with Crippen LogP contribution in [-0.4, -0.2) is 72.1 Å². The zero-order valence-corrected chi connectivity index (χ0v) is 14.8. The van der Waals surface area contributed by atoms with Crippen molar-refractivity contribution in [3.05, 3.63) is 23.8 Å². The number of hydrogen-bond acceptors (Lipinski definition) is 6. The first-order valence-corrected chi connectivity index (χ1v) is 9.06. The molecule has 2 aliphatic heterocycles. The van der Waals surface area contributed by atoms with Gasteiger partial charge < -0.3 is 19.3 Å². The normalized spacial score (nSPS) is 17.9. The van der Waals surface area contributed by atoms with Crippen molar-refractivity contribution in [1.82, 2.24) is 9.80 Å². The lowest BCUT2D eigenvalue weighted by molar-refractivity contribution is 0.102. The van der Waals surface area contributed by atoms with Crippen molar-refractivity contribution in [2.45, 2.75) is 0 Å². The van der Waals surface area contributed by atoms with Gasteiger partial charge in [0, 0.05) is 31.7 Å². The number of carbonyl (C=O) groups is 1. The molecule has 2 heterocycles. The molecule has 0 saturated carbocycles. The van der Waals surface area contributed by atoms with Gasteiger partial charge in [0.1, 0.15) is 17.5 Å². The summed E-state index contributed by atoms with van der Waals surface area (Å²) in [6.45, 7) is 4.96. The third-order valence-corrected chi connectivity index (χ3v) is 5.48. The molecule has 0 spiro atoms. The van der Waals surface area contributed by atoms with Crippen LogP contribution in [0.3, 0.4) is 0 Å². The highest BCUT2D eigenvalue weighted by atomic mass is 32.2. The Morgan fingerprint density at radius 2 is 1.87 bits per heavy atom. The van der Waals surface area contributed by atoms with Gasteiger partial charge in [0.05, 0.1) is 5.75 Å². The number of carbonyl (C=O) groups excluding carboxylic acids is 1. The van der Waals surface area contributed by atoms with E-state index in [2.05, 4.69) is 16.8 Å². The Hall–Kier alpha value is -1.31. The smallest absolute Gasteiger partial charge is 0.173 e. The number of hydrogen-bond donors (Lipinski definition) is 0. The SMILES string of the molecule is CN1CCN(C(=S)SCC(=O)c2ccc3c(c2)OCCO3)CC1. The van der Waals surface area contributed by atoms with E-state index in [1.165, 1.54) is 11.8 Å². The van der Waals surface area contributed by atoms with E-state index in [9.17, 15) is 4.79 Å². The van der Waals surface area contributed by atoms with Crippen molar-refractivity contribution >= 4 is 34.1 Å². The molecule has 0 unspecified atom stereocenters. The van der Waals surface area contributed by atoms with Gasteiger partial charge in [0.15, 0.2) is 17.3 Å². The summed E-state index contributed by atoms with van der Waals surface area (Å²) < 4.78 is 11.8. The zero-order chi connectivity index (χ0) is 16.2. The first-order chi connectivity index (χ1) is 11.1. The number of ketones is 1. The van der Waals surface area contributed by atoms with Crippen LogP contribution in [0.4, 0.5) is 0 Å². The second kappa shape index (κ2) is 7.51. The Morgan fingerprint density at radius 3 is 2.61 bits per heavy atom. The maximum absolute atomic E-state index is 12.4. The topological polar surface area (TPSA) is 42.0 Å². The van der Waals surface area contributed by atoms with Crippen LogP contribution >= 0.6 is 24.0 Å². The minimum atomic E-state index is 0.0588. The maximum atomic E-state index is 12.4. The first-order valence-electron chi connectivity index (χ1n) is 7.66. The number of fused-ring (bicyclic) bond motifs is 1. The highest BCUT2D eigenvalue weighted by Gasteiger charge is 2.19. The monoisotopic (exact) mass is 352 g/mol. The Kier molecular flexibility index (Phi) is 5.40. The molecule has 3 rings (SSSR count). The van der Waals surface area contributed by atoms with E-state index >= 15 is 0 Å². The fourth-order valence-electron chi connectivity index (χ4n) is 2.51. The Balaban J connectivity index is 1.54. The Morgan fingerprint density at radius 1 is 1.17 bits per heavy atom. The van der Waals surface area contributed by atoms with Crippen LogP contribution in [0.2, 0.25) is 0 Å². The number of thiocarbonyl (C=S) groups is 1. The van der Waals surface area contributed by atoms with Crippen molar-refractivity contribution in [2.24, 2.45) is 0 Å². The number of thioether (sulfide) groups is 1. The lowest BCUT2D eigenvalue weighted by atomic mass is 10.1. The fraction of sp³-hybridized carbons (Fsp3) is 0.500. The number of likely N-dealkylation sites (N-methyl/N-ethyl adjacent to an activating group) is 1. The summed E-state index contributed by atoms with van der Waals surface area (Å²) in [4.78, 5) is 16.8. The number of Topliss-reactive ketones (excluding diaryl/α,β-unsaturated/α-hetero) is 1. The van der Waals surface area contributed by atoms with Crippen LogP contribution in [0.15, 0.2) is 18.2 Å². The summed E-state index contributed by atoms with van der Waals surface area (Å²) in [7, 11) is 2.11. The molecule has 0 aromatic heterocycles. The summed E-state index contributed by atoms with van der Waals surface area (Å²) in [5, 5.41) is 0. The van der Waals surface area contributed by atoms with Gasteiger partial charge in [-0.15, -0.1) is 0 Å². The summed E-state index contributed by atoms with van der Waals surface area (Å²) in [5.41, 5.74) is 0.642. The largest absolute Gasteiger partial charge is 0.486 e. The predicted octanol–water partition coefficient (Wildman–Crippen LogP) is 1.91. The molecule has 0 amide bonds. The van der Waals surface area contributed by atoms with Gasteiger partial charge >= 0.3 is 0 Å². The van der Waals surface area contributed by atoms with Gasteiger partial charge in [-0.3, -0.25) is 4.79 Å². The van der Waals surface area contributed by atoms with E-state index in [0.717, 1.165) is 30.5 Å². The average molecular weight is 352 g/mol. The average Bonchev–Trinajstić information content (AvgIpc) is 2.59. The molecule has 0 atom stereocenters. The van der Waals surface area contributed by atoms with Crippen molar-refractivity contribution in [3.8, 4) is 11.5 Å². The van der Waals surface area contributed by atoms with E-state index in [4.69, 9.17) is 21.7 Å². The predicted molar refractivity (Wildman–Crippen MR) is 95.9 cm³/mol. The van der Waals surface area contributed by atoms with Crippen LogP contribution in [0.5, 0.6) is 11.5 Å². The van der Waals surface area contributed by atoms with Gasteiger partial charge in [-0.1, -0.05) is 24.0 Å². The molecule has 124 valence electrons. The fourth-order valence-corrected chi connectivity index (χ4v) is 3.65. The van der Waals surface area contributed by atoms with Crippen LogP contribution in [0.1, 0.15) is 10.4 Å². The van der Waals surface area contributed by atoms with Gasteiger partial charge in [-0.05, 0) is 25.2 Å². The zero-order valence-electron chi connectivity index (χ0n) is 13.1. The van der Waals surface area contributed by atoms with E-state index < -0.39 is 0 Å². The molecular weight excluding hydrogens is 332 g/mol. The molecule has 0 bridgehead atoms. The Bertz CT molecular complexity index is 601. The lowest BCUT2D eigenvalue weighted by Gasteiger charge is -2.33. The molecule has 1 aromatic rings. The standard InChI is InChI=1S/C16H20N2O3S2/c1-17-4-6-18(7-5-17)16(22)23-11-13(19)12-2-3-14-15(10-12)21-9-8-20-14/h2-3,10H,4-9,11H2,1H3. The summed E-state index contributed by atoms with van der Waals surface area (Å²) in [6, 6.07) is 5.34. The van der Waals surface area contributed by atoms with Gasteiger partial charge in [0.2, 0.25) is 0 Å². The molecule has 0 radical (unpaired) electrons. The second-order valence-corrected chi connectivity index (χ2v) is 7.24. The van der Waals surface area contributed by atoms with E-state index in [0.29, 0.717) is 36.0 Å². The first kappa shape index (κ1) is 16.5. The molecule has 2 aliphatic rings. The summed E-state index contributed by atoms with van der Waals surface area (Å²) >= 11 is 6.89. The number of nitrogens with zero attached hydrogens (tertiary/aromatic N) is 2. The van der Waals surface area contributed by atoms with Gasteiger partial charge in [-0.25, -0.2) is 0 Å². The number of piperazine rings is 1. The molecule has 0 N–H and O–H groups in total. The van der Waals surface area contributed by atoms with Crippen LogP contribution in [0.25, 0.3) is 0 Å². The number of ether oxygens (including phenoxy) is 2. The second-order valence-electron chi connectivity index (χ2n) is 5.63. The minimum absolute atomic E-state index is 0.0588. The molecule has 1 aromatic carbocycles. The highest BCUT2D eigenvalue weighted by Crippen LogP contribution is 2.31. The van der Waals surface area contributed by atoms with E-state index in [1.807, 2.05) is 0 Å². The van der Waals surface area contributed by atoms with Crippen LogP contribution < -0.4 is 9.47 Å². The highest BCUT2D eigenvalue weighted by molar-refractivity contribution is 8.23. The van der Waals surface area contributed by atoms with Crippen molar-refractivity contribution in [1.29, 1.82) is 0 Å². The third kappa shape index (κ3) is 4.16. The van der Waals surface area contributed by atoms with Crippen LogP contribution in [-0.2, 0) is 0 Å². The molecule has 5 nitrogen and oxygen atoms in total. The van der Waals surface area contributed by atoms with E-state index in [1.54, 1.807) is 18.2 Å². The molecule has 23 heavy (non-hydrogen) atoms. The lowest BCUT2D eigenvalue weighted by Crippen LogP contribution is -2.45. The maximum Gasteiger partial charge on any atom is 0.173 e. The molecule has 7 heteroatoms. The summed E-state index contributed by atoms with van der Waals surface area (Å²) in [5.74, 6) is 1.76. The van der Waals surface area contributed by atoms with Gasteiger partial charge in [-0.2, -0.15) is 0 Å². The number of rotatable bonds is 3. The van der Waals surface area contributed by atoms with Gasteiger partial charge in [0.25, 0.3) is 0 Å². The quantitative estimate of drug-likeness (QED) is 0.608. The number of benzene rings is 1. The summed E-state index contributed by atoms with van der Waals surface area (Å²) in [6.07, 6.45) is 0. The molecule has 1 saturated heterocycles. The van der Waals surface area contributed by atoms with Crippen LogP contribution in [0, 0.1) is 0 Å². The molecule has 1 fully saturated rings. The van der Waals surface area contributed by atoms with Crippen molar-refractivity contribution in [2.75, 3.05) is 52.2 Å². The van der Waals surface area contributed by atoms with Crippen molar-refractivity contribution < 1.29 is 14.3 Å². The van der Waals surface area contributed by atoms with E-state index in [-0.39, 0.29) is 5.78 Å². The Labute approximate surface area is 145 Å². The third-order valence-electron chi connectivity index (χ3n) is 3.95. The molecular formula is C16H20N2O3S2. The van der Waals surface area contributed by atoms with Crippen molar-refractivity contribution in [3.63, 3.8) is 0 Å². The molecule has 0 aliphatic carbocycles.